The van der Waals surface area contributed by atoms with E-state index in [-0.39, 0.29) is 5.70 Å². The molecule has 0 saturated heterocycles. The molecule has 0 fully saturated rings. The van der Waals surface area contributed by atoms with Crippen LogP contribution in [-0.2, 0) is 9.53 Å². The van der Waals surface area contributed by atoms with Crippen molar-refractivity contribution in [2.75, 3.05) is 0 Å². The van der Waals surface area contributed by atoms with Gasteiger partial charge >= 0.3 is 5.97 Å². The molecule has 104 valence electrons. The van der Waals surface area contributed by atoms with Crippen LogP contribution in [0.4, 0.5) is 0 Å². The quantitative estimate of drug-likeness (QED) is 0.585. The van der Waals surface area contributed by atoms with Crippen LogP contribution >= 0.6 is 27.5 Å². The van der Waals surface area contributed by atoms with E-state index in [4.69, 9.17) is 16.3 Å². The summed E-state index contributed by atoms with van der Waals surface area (Å²) in [6.07, 6.45) is 1.67. The molecule has 2 aromatic rings. The topological polar surface area (TPSA) is 38.7 Å². The van der Waals surface area contributed by atoms with Crippen LogP contribution in [0.2, 0.25) is 5.02 Å². The molecule has 0 amide bonds. The highest BCUT2D eigenvalue weighted by molar-refractivity contribution is 9.10. The van der Waals surface area contributed by atoms with Crippen molar-refractivity contribution in [1.82, 2.24) is 0 Å². The maximum atomic E-state index is 11.9. The fraction of sp³-hybridized carbons (Fsp3) is 0. The van der Waals surface area contributed by atoms with Gasteiger partial charge in [0.2, 0.25) is 5.90 Å². The van der Waals surface area contributed by atoms with Crippen LogP contribution in [0.25, 0.3) is 6.08 Å². The van der Waals surface area contributed by atoms with E-state index in [1.54, 1.807) is 18.2 Å². The molecular weight excluding hydrogens is 354 g/mol. The largest absolute Gasteiger partial charge is 0.402 e. The summed E-state index contributed by atoms with van der Waals surface area (Å²) in [6, 6.07) is 14.6. The highest BCUT2D eigenvalue weighted by Crippen LogP contribution is 2.24. The molecule has 2 aromatic carbocycles. The van der Waals surface area contributed by atoms with Crippen molar-refractivity contribution in [3.8, 4) is 0 Å². The molecule has 21 heavy (non-hydrogen) atoms. The Morgan fingerprint density at radius 1 is 1.10 bits per heavy atom. The minimum atomic E-state index is -0.462. The number of hydrogen-bond donors (Lipinski definition) is 0. The van der Waals surface area contributed by atoms with Gasteiger partial charge in [0.25, 0.3) is 0 Å². The van der Waals surface area contributed by atoms with E-state index in [9.17, 15) is 4.79 Å². The van der Waals surface area contributed by atoms with Gasteiger partial charge in [-0.25, -0.2) is 9.79 Å². The van der Waals surface area contributed by atoms with Crippen LogP contribution in [0.3, 0.4) is 0 Å². The SMILES string of the molecule is O=C1OC(c2ccccc2Br)=N/C1=C/c1ccc(Cl)cc1. The molecule has 0 bridgehead atoms. The summed E-state index contributed by atoms with van der Waals surface area (Å²) in [7, 11) is 0. The van der Waals surface area contributed by atoms with Crippen molar-refractivity contribution < 1.29 is 9.53 Å². The smallest absolute Gasteiger partial charge is 0.363 e. The van der Waals surface area contributed by atoms with E-state index < -0.39 is 5.97 Å². The number of hydrogen-bond acceptors (Lipinski definition) is 3. The zero-order valence-electron chi connectivity index (χ0n) is 10.7. The monoisotopic (exact) mass is 361 g/mol. The van der Waals surface area contributed by atoms with Crippen molar-refractivity contribution in [3.05, 3.63) is 74.9 Å². The number of halogens is 2. The van der Waals surface area contributed by atoms with Gasteiger partial charge in [-0.05, 0) is 51.8 Å². The number of esters is 1. The first-order chi connectivity index (χ1) is 10.1. The summed E-state index contributed by atoms with van der Waals surface area (Å²) >= 11 is 9.25. The van der Waals surface area contributed by atoms with E-state index >= 15 is 0 Å². The van der Waals surface area contributed by atoms with Gasteiger partial charge in [0, 0.05) is 9.50 Å². The lowest BCUT2D eigenvalue weighted by atomic mass is 10.2. The number of ether oxygens (including phenoxy) is 1. The second kappa shape index (κ2) is 5.84. The first-order valence-corrected chi connectivity index (χ1v) is 7.33. The summed E-state index contributed by atoms with van der Waals surface area (Å²) in [5.41, 5.74) is 1.84. The van der Waals surface area contributed by atoms with Crippen LogP contribution in [0.15, 0.2) is 63.7 Å². The maximum Gasteiger partial charge on any atom is 0.363 e. The van der Waals surface area contributed by atoms with Crippen molar-refractivity contribution in [3.63, 3.8) is 0 Å². The normalized spacial score (nSPS) is 16.0. The van der Waals surface area contributed by atoms with Gasteiger partial charge in [0.05, 0.1) is 5.56 Å². The predicted octanol–water partition coefficient (Wildman–Crippen LogP) is 4.45. The van der Waals surface area contributed by atoms with Gasteiger partial charge in [-0.2, -0.15) is 0 Å². The number of aliphatic imine (C=N–C) groups is 1. The second-order valence-electron chi connectivity index (χ2n) is 4.37. The second-order valence-corrected chi connectivity index (χ2v) is 5.66. The fourth-order valence-electron chi connectivity index (χ4n) is 1.88. The number of nitrogens with zero attached hydrogens (tertiary/aromatic N) is 1. The summed E-state index contributed by atoms with van der Waals surface area (Å²) in [4.78, 5) is 16.2. The number of carbonyl (C=O) groups is 1. The van der Waals surface area contributed by atoms with Crippen molar-refractivity contribution in [2.45, 2.75) is 0 Å². The van der Waals surface area contributed by atoms with E-state index in [0.29, 0.717) is 10.9 Å². The van der Waals surface area contributed by atoms with Crippen LogP contribution < -0.4 is 0 Å². The molecule has 0 aliphatic carbocycles. The zero-order chi connectivity index (χ0) is 14.8. The molecule has 1 aliphatic rings. The maximum absolute atomic E-state index is 11.9. The molecule has 0 atom stereocenters. The molecule has 1 aliphatic heterocycles. The third-order valence-corrected chi connectivity index (χ3v) is 3.84. The molecule has 0 aromatic heterocycles. The van der Waals surface area contributed by atoms with Crippen LogP contribution in [-0.4, -0.2) is 11.9 Å². The lowest BCUT2D eigenvalue weighted by Gasteiger charge is -2.01. The van der Waals surface area contributed by atoms with Crippen LogP contribution in [0.1, 0.15) is 11.1 Å². The molecule has 1 heterocycles. The molecule has 3 nitrogen and oxygen atoms in total. The van der Waals surface area contributed by atoms with Crippen molar-refractivity contribution in [2.24, 2.45) is 4.99 Å². The van der Waals surface area contributed by atoms with Crippen molar-refractivity contribution in [1.29, 1.82) is 0 Å². The minimum Gasteiger partial charge on any atom is -0.402 e. The third kappa shape index (κ3) is 3.06. The third-order valence-electron chi connectivity index (χ3n) is 2.90. The number of cyclic esters (lactones) is 1. The highest BCUT2D eigenvalue weighted by Gasteiger charge is 2.25. The zero-order valence-corrected chi connectivity index (χ0v) is 13.1. The molecule has 0 saturated carbocycles. The van der Waals surface area contributed by atoms with Gasteiger partial charge in [0.1, 0.15) is 0 Å². The summed E-state index contributed by atoms with van der Waals surface area (Å²) in [6.45, 7) is 0. The molecule has 5 heteroatoms. The van der Waals surface area contributed by atoms with Gasteiger partial charge in [-0.3, -0.25) is 0 Å². The Bertz CT molecular complexity index is 766. The Labute approximate surface area is 135 Å². The summed E-state index contributed by atoms with van der Waals surface area (Å²) in [5, 5.41) is 0.642. The fourth-order valence-corrected chi connectivity index (χ4v) is 2.46. The summed E-state index contributed by atoms with van der Waals surface area (Å²) < 4.78 is 6.05. The molecular formula is C16H9BrClNO2. The number of carbonyl (C=O) groups excluding carboxylic acids is 1. The van der Waals surface area contributed by atoms with Gasteiger partial charge in [-0.1, -0.05) is 35.9 Å². The molecule has 3 rings (SSSR count). The Kier molecular flexibility index (Phi) is 3.90. The Morgan fingerprint density at radius 2 is 1.81 bits per heavy atom. The lowest BCUT2D eigenvalue weighted by molar-refractivity contribution is -0.129. The number of rotatable bonds is 2. The average molecular weight is 363 g/mol. The van der Waals surface area contributed by atoms with Gasteiger partial charge < -0.3 is 4.74 Å². The van der Waals surface area contributed by atoms with E-state index in [2.05, 4.69) is 20.9 Å². The van der Waals surface area contributed by atoms with Crippen LogP contribution in [0, 0.1) is 0 Å². The first kappa shape index (κ1) is 14.0. The van der Waals surface area contributed by atoms with Gasteiger partial charge in [0.15, 0.2) is 5.70 Å². The lowest BCUT2D eigenvalue weighted by Crippen LogP contribution is -2.05. The van der Waals surface area contributed by atoms with E-state index in [1.807, 2.05) is 36.4 Å². The minimum absolute atomic E-state index is 0.267. The van der Waals surface area contributed by atoms with Crippen molar-refractivity contribution >= 4 is 45.5 Å². The van der Waals surface area contributed by atoms with E-state index in [1.165, 1.54) is 0 Å². The Balaban J connectivity index is 1.96. The first-order valence-electron chi connectivity index (χ1n) is 6.16. The molecule has 0 radical (unpaired) electrons. The average Bonchev–Trinajstić information content (AvgIpc) is 2.83. The predicted molar refractivity (Wildman–Crippen MR) is 86.2 cm³/mol. The Morgan fingerprint density at radius 3 is 2.52 bits per heavy atom. The number of benzene rings is 2. The molecule has 0 spiro atoms. The van der Waals surface area contributed by atoms with Crippen LogP contribution in [0.5, 0.6) is 0 Å². The molecule has 0 unspecified atom stereocenters. The molecule has 0 N–H and O–H groups in total. The standard InChI is InChI=1S/C16H9BrClNO2/c17-13-4-2-1-3-12(13)15-19-14(16(20)21-15)9-10-5-7-11(18)8-6-10/h1-9H/b14-9+. The highest BCUT2D eigenvalue weighted by atomic mass is 79.9. The van der Waals surface area contributed by atoms with Gasteiger partial charge in [-0.15, -0.1) is 0 Å². The summed E-state index contributed by atoms with van der Waals surface area (Å²) in [5.74, 6) is -0.164. The van der Waals surface area contributed by atoms with E-state index in [0.717, 1.165) is 15.6 Å². The Hall–Kier alpha value is -1.91.